The summed E-state index contributed by atoms with van der Waals surface area (Å²) in [5.41, 5.74) is 2.27. The zero-order valence-corrected chi connectivity index (χ0v) is 11.2. The fourth-order valence-corrected chi connectivity index (χ4v) is 2.10. The number of halogens is 2. The number of H-pyrrole nitrogens is 1. The van der Waals surface area contributed by atoms with Crippen LogP contribution in [0.4, 0.5) is 8.78 Å². The maximum Gasteiger partial charge on any atom is 0.135 e. The zero-order chi connectivity index (χ0) is 14.8. The van der Waals surface area contributed by atoms with Gasteiger partial charge in [-0.15, -0.1) is 0 Å². The minimum atomic E-state index is -0.629. The fraction of sp³-hybridized carbons (Fsp3) is 0.0625. The molecule has 2 aromatic carbocycles. The molecule has 0 fully saturated rings. The normalized spacial score (nSPS) is 10.6. The van der Waals surface area contributed by atoms with Gasteiger partial charge in [0.2, 0.25) is 0 Å². The topological polar surface area (TPSA) is 37.9 Å². The van der Waals surface area contributed by atoms with Gasteiger partial charge < -0.3 is 4.74 Å². The summed E-state index contributed by atoms with van der Waals surface area (Å²) in [5.74, 6) is -0.523. The summed E-state index contributed by atoms with van der Waals surface area (Å²) < 4.78 is 31.9. The summed E-state index contributed by atoms with van der Waals surface area (Å²) in [5, 5.41) is 6.93. The van der Waals surface area contributed by atoms with Gasteiger partial charge in [-0.1, -0.05) is 12.1 Å². The lowest BCUT2D eigenvalue weighted by atomic mass is 10.1. The van der Waals surface area contributed by atoms with Crippen LogP contribution in [0.2, 0.25) is 0 Å². The highest BCUT2D eigenvalue weighted by molar-refractivity contribution is 5.69. The molecule has 5 heteroatoms. The molecule has 0 unspecified atom stereocenters. The number of nitrogens with one attached hydrogen (secondary N) is 1. The average molecular weight is 286 g/mol. The largest absolute Gasteiger partial charge is 0.497 e. The van der Waals surface area contributed by atoms with E-state index >= 15 is 0 Å². The third kappa shape index (κ3) is 2.63. The van der Waals surface area contributed by atoms with Gasteiger partial charge in [0, 0.05) is 17.2 Å². The molecule has 21 heavy (non-hydrogen) atoms. The molecule has 1 N–H and O–H groups in total. The van der Waals surface area contributed by atoms with E-state index < -0.39 is 11.6 Å². The second-order valence-corrected chi connectivity index (χ2v) is 4.52. The van der Waals surface area contributed by atoms with E-state index in [0.717, 1.165) is 11.6 Å². The standard InChI is InChI=1S/C16H12F2N2O/c1-21-12-4-2-3-10(7-12)15-9-16(20-19-15)13-6-5-11(17)8-14(13)18/h2-9H,1H3,(H,19,20). The highest BCUT2D eigenvalue weighted by Gasteiger charge is 2.11. The Morgan fingerprint density at radius 3 is 2.67 bits per heavy atom. The number of rotatable bonds is 3. The van der Waals surface area contributed by atoms with Crippen molar-refractivity contribution in [2.45, 2.75) is 0 Å². The van der Waals surface area contributed by atoms with Crippen LogP contribution in [0, 0.1) is 11.6 Å². The Kier molecular flexibility index (Phi) is 3.39. The van der Waals surface area contributed by atoms with E-state index in [0.29, 0.717) is 17.1 Å². The first-order chi connectivity index (χ1) is 10.2. The van der Waals surface area contributed by atoms with Crippen LogP contribution in [0.25, 0.3) is 22.5 Å². The predicted molar refractivity (Wildman–Crippen MR) is 75.9 cm³/mol. The number of aromatic nitrogens is 2. The number of aromatic amines is 1. The molecule has 0 radical (unpaired) electrons. The molecule has 3 rings (SSSR count). The first kappa shape index (κ1) is 13.3. The van der Waals surface area contributed by atoms with Gasteiger partial charge in [0.15, 0.2) is 0 Å². The average Bonchev–Trinajstić information content (AvgIpc) is 2.97. The highest BCUT2D eigenvalue weighted by atomic mass is 19.1. The van der Waals surface area contributed by atoms with Crippen molar-refractivity contribution in [1.29, 1.82) is 0 Å². The maximum absolute atomic E-state index is 13.8. The van der Waals surface area contributed by atoms with E-state index in [1.165, 1.54) is 12.1 Å². The third-order valence-corrected chi connectivity index (χ3v) is 3.16. The second kappa shape index (κ2) is 5.36. The Morgan fingerprint density at radius 1 is 1.05 bits per heavy atom. The fourth-order valence-electron chi connectivity index (χ4n) is 2.10. The van der Waals surface area contributed by atoms with Crippen molar-refractivity contribution < 1.29 is 13.5 Å². The van der Waals surface area contributed by atoms with Gasteiger partial charge in [0.1, 0.15) is 17.4 Å². The molecule has 0 amide bonds. The van der Waals surface area contributed by atoms with Gasteiger partial charge in [0.05, 0.1) is 18.5 Å². The van der Waals surface area contributed by atoms with E-state index in [4.69, 9.17) is 4.74 Å². The molecule has 0 bridgehead atoms. The number of ether oxygens (including phenoxy) is 1. The summed E-state index contributed by atoms with van der Waals surface area (Å²) in [4.78, 5) is 0. The van der Waals surface area contributed by atoms with E-state index in [2.05, 4.69) is 10.2 Å². The molecule has 0 aliphatic rings. The third-order valence-electron chi connectivity index (χ3n) is 3.16. The molecule has 0 atom stereocenters. The molecule has 1 heterocycles. The van der Waals surface area contributed by atoms with Crippen LogP contribution >= 0.6 is 0 Å². The summed E-state index contributed by atoms with van der Waals surface area (Å²) in [6, 6.07) is 12.5. The molecule has 3 aromatic rings. The van der Waals surface area contributed by atoms with Crippen molar-refractivity contribution in [3.63, 3.8) is 0 Å². The van der Waals surface area contributed by atoms with Crippen molar-refractivity contribution >= 4 is 0 Å². The van der Waals surface area contributed by atoms with Crippen molar-refractivity contribution in [3.05, 3.63) is 60.2 Å². The van der Waals surface area contributed by atoms with Crippen LogP contribution in [-0.4, -0.2) is 17.3 Å². The van der Waals surface area contributed by atoms with Crippen LogP contribution in [-0.2, 0) is 0 Å². The van der Waals surface area contributed by atoms with Gasteiger partial charge in [-0.2, -0.15) is 5.10 Å². The Bertz CT molecular complexity index is 783. The highest BCUT2D eigenvalue weighted by Crippen LogP contribution is 2.27. The van der Waals surface area contributed by atoms with E-state index in [1.807, 2.05) is 24.3 Å². The Morgan fingerprint density at radius 2 is 1.90 bits per heavy atom. The Hall–Kier alpha value is -2.69. The van der Waals surface area contributed by atoms with Gasteiger partial charge in [-0.25, -0.2) is 8.78 Å². The molecule has 0 saturated carbocycles. The van der Waals surface area contributed by atoms with E-state index in [1.54, 1.807) is 13.2 Å². The van der Waals surface area contributed by atoms with Crippen LogP contribution in [0.3, 0.4) is 0 Å². The van der Waals surface area contributed by atoms with Crippen LogP contribution in [0.1, 0.15) is 0 Å². The van der Waals surface area contributed by atoms with Crippen molar-refractivity contribution in [2.24, 2.45) is 0 Å². The Labute approximate surface area is 120 Å². The second-order valence-electron chi connectivity index (χ2n) is 4.52. The van der Waals surface area contributed by atoms with Gasteiger partial charge in [0.25, 0.3) is 0 Å². The molecule has 1 aromatic heterocycles. The molecule has 0 aliphatic heterocycles. The minimum absolute atomic E-state index is 0.276. The van der Waals surface area contributed by atoms with Crippen LogP contribution in [0.5, 0.6) is 5.75 Å². The SMILES string of the molecule is COc1cccc(-c2cc(-c3ccc(F)cc3F)[nH]n2)c1. The van der Waals surface area contributed by atoms with Gasteiger partial charge in [-0.3, -0.25) is 5.10 Å². The predicted octanol–water partition coefficient (Wildman–Crippen LogP) is 4.03. The number of nitrogens with zero attached hydrogens (tertiary/aromatic N) is 1. The molecule has 106 valence electrons. The van der Waals surface area contributed by atoms with Crippen molar-refractivity contribution in [1.82, 2.24) is 10.2 Å². The quantitative estimate of drug-likeness (QED) is 0.789. The number of hydrogen-bond acceptors (Lipinski definition) is 2. The first-order valence-electron chi connectivity index (χ1n) is 6.32. The summed E-state index contributed by atoms with van der Waals surface area (Å²) in [6.07, 6.45) is 0. The zero-order valence-electron chi connectivity index (χ0n) is 11.2. The smallest absolute Gasteiger partial charge is 0.135 e. The lowest BCUT2D eigenvalue weighted by Crippen LogP contribution is -1.86. The Balaban J connectivity index is 1.99. The minimum Gasteiger partial charge on any atom is -0.497 e. The maximum atomic E-state index is 13.8. The lowest BCUT2D eigenvalue weighted by molar-refractivity contribution is 0.415. The molecular weight excluding hydrogens is 274 g/mol. The molecule has 3 nitrogen and oxygen atoms in total. The van der Waals surface area contributed by atoms with Crippen molar-refractivity contribution in [3.8, 4) is 28.3 Å². The van der Waals surface area contributed by atoms with Crippen LogP contribution in [0.15, 0.2) is 48.5 Å². The number of hydrogen-bond donors (Lipinski definition) is 1. The van der Waals surface area contributed by atoms with Gasteiger partial charge in [-0.05, 0) is 30.3 Å². The summed E-state index contributed by atoms with van der Waals surface area (Å²) in [6.45, 7) is 0. The monoisotopic (exact) mass is 286 g/mol. The number of benzene rings is 2. The van der Waals surface area contributed by atoms with Crippen LogP contribution < -0.4 is 4.74 Å². The number of methoxy groups -OCH3 is 1. The van der Waals surface area contributed by atoms with Gasteiger partial charge >= 0.3 is 0 Å². The van der Waals surface area contributed by atoms with E-state index in [9.17, 15) is 8.78 Å². The molecular formula is C16H12F2N2O. The van der Waals surface area contributed by atoms with E-state index in [-0.39, 0.29) is 5.56 Å². The molecule has 0 saturated heterocycles. The molecule has 0 aliphatic carbocycles. The lowest BCUT2D eigenvalue weighted by Gasteiger charge is -2.01. The summed E-state index contributed by atoms with van der Waals surface area (Å²) in [7, 11) is 1.59. The molecule has 0 spiro atoms. The first-order valence-corrected chi connectivity index (χ1v) is 6.32. The van der Waals surface area contributed by atoms with Crippen molar-refractivity contribution in [2.75, 3.05) is 7.11 Å². The summed E-state index contributed by atoms with van der Waals surface area (Å²) >= 11 is 0.